The van der Waals surface area contributed by atoms with Gasteiger partial charge in [-0.3, -0.25) is 4.40 Å². The van der Waals surface area contributed by atoms with E-state index in [4.69, 9.17) is 5.73 Å². The van der Waals surface area contributed by atoms with Gasteiger partial charge in [0.1, 0.15) is 0 Å². The molecule has 3 nitrogen and oxygen atoms in total. The zero-order valence-corrected chi connectivity index (χ0v) is 11.5. The monoisotopic (exact) mass is 269 g/mol. The molecule has 2 aromatic heterocycles. The van der Waals surface area contributed by atoms with Gasteiger partial charge in [0.15, 0.2) is 11.5 Å². The summed E-state index contributed by atoms with van der Waals surface area (Å²) in [6, 6.07) is 9.18. The summed E-state index contributed by atoms with van der Waals surface area (Å²) in [4.78, 5) is 4.43. The fourth-order valence-corrected chi connectivity index (χ4v) is 2.40. The maximum atomic E-state index is 13.9. The molecule has 1 aromatic carbocycles. The van der Waals surface area contributed by atoms with Gasteiger partial charge in [0.2, 0.25) is 0 Å². The highest BCUT2D eigenvalue weighted by Gasteiger charge is 2.15. The number of aryl methyl sites for hydroxylation is 2. The number of hydrogen-bond acceptors (Lipinski definition) is 2. The lowest BCUT2D eigenvalue weighted by atomic mass is 10.0. The Morgan fingerprint density at radius 3 is 2.70 bits per heavy atom. The van der Waals surface area contributed by atoms with Crippen molar-refractivity contribution < 1.29 is 4.39 Å². The van der Waals surface area contributed by atoms with Gasteiger partial charge in [-0.15, -0.1) is 0 Å². The van der Waals surface area contributed by atoms with Gasteiger partial charge in [-0.25, -0.2) is 9.37 Å². The minimum atomic E-state index is -0.336. The lowest BCUT2D eigenvalue weighted by Gasteiger charge is -2.05. The summed E-state index contributed by atoms with van der Waals surface area (Å²) in [6.07, 6.45) is 1.79. The molecular weight excluding hydrogens is 253 g/mol. The third-order valence-corrected chi connectivity index (χ3v) is 3.68. The molecule has 102 valence electrons. The molecular formula is C16H16FN3. The molecule has 0 saturated heterocycles. The van der Waals surface area contributed by atoms with Crippen LogP contribution in [-0.2, 0) is 6.54 Å². The maximum absolute atomic E-state index is 13.9. The molecule has 0 fully saturated rings. The van der Waals surface area contributed by atoms with E-state index in [1.54, 1.807) is 16.7 Å². The number of aromatic nitrogens is 2. The molecule has 20 heavy (non-hydrogen) atoms. The second-order valence-electron chi connectivity index (χ2n) is 4.96. The number of fused-ring (bicyclic) bond motifs is 1. The Kier molecular flexibility index (Phi) is 3.03. The summed E-state index contributed by atoms with van der Waals surface area (Å²) in [5.41, 5.74) is 11.1. The molecule has 0 amide bonds. The van der Waals surface area contributed by atoms with E-state index >= 15 is 0 Å². The van der Waals surface area contributed by atoms with Crippen molar-refractivity contribution in [2.75, 3.05) is 0 Å². The van der Waals surface area contributed by atoms with E-state index in [1.165, 1.54) is 17.2 Å². The normalized spacial score (nSPS) is 11.2. The van der Waals surface area contributed by atoms with E-state index in [9.17, 15) is 4.39 Å². The van der Waals surface area contributed by atoms with Crippen molar-refractivity contribution in [3.05, 3.63) is 59.2 Å². The van der Waals surface area contributed by atoms with E-state index in [2.05, 4.69) is 24.9 Å². The minimum absolute atomic E-state index is 0.312. The second kappa shape index (κ2) is 4.72. The number of benzene rings is 1. The van der Waals surface area contributed by atoms with Gasteiger partial charge in [-0.2, -0.15) is 0 Å². The van der Waals surface area contributed by atoms with E-state index in [0.29, 0.717) is 12.2 Å². The second-order valence-corrected chi connectivity index (χ2v) is 4.96. The van der Waals surface area contributed by atoms with Crippen molar-refractivity contribution in [3.63, 3.8) is 0 Å². The number of rotatable bonds is 2. The summed E-state index contributed by atoms with van der Waals surface area (Å²) < 4.78 is 15.6. The standard InChI is InChI=1S/C16H16FN3/c1-10-5-6-12(8-11(10)2)15-14(9-18)20-7-3-4-13(17)16(20)19-15/h3-8H,9,18H2,1-2H3. The Morgan fingerprint density at radius 1 is 1.20 bits per heavy atom. The number of nitrogens with zero attached hydrogens (tertiary/aromatic N) is 2. The molecule has 0 aliphatic carbocycles. The van der Waals surface area contributed by atoms with E-state index in [1.807, 2.05) is 12.1 Å². The number of halogens is 1. The lowest BCUT2D eigenvalue weighted by molar-refractivity contribution is 0.629. The molecule has 0 radical (unpaired) electrons. The average Bonchev–Trinajstić information content (AvgIpc) is 2.82. The third-order valence-electron chi connectivity index (χ3n) is 3.68. The van der Waals surface area contributed by atoms with Gasteiger partial charge in [-0.05, 0) is 43.2 Å². The number of pyridine rings is 1. The first-order chi connectivity index (χ1) is 9.61. The Labute approximate surface area is 116 Å². The first kappa shape index (κ1) is 12.8. The van der Waals surface area contributed by atoms with Crippen molar-refractivity contribution >= 4 is 5.65 Å². The van der Waals surface area contributed by atoms with Gasteiger partial charge in [0.05, 0.1) is 11.4 Å². The predicted octanol–water partition coefficient (Wildman–Crippen LogP) is 3.22. The molecule has 0 spiro atoms. The van der Waals surface area contributed by atoms with Crippen LogP contribution >= 0.6 is 0 Å². The van der Waals surface area contributed by atoms with E-state index < -0.39 is 0 Å². The van der Waals surface area contributed by atoms with Crippen LogP contribution in [0.15, 0.2) is 36.5 Å². The van der Waals surface area contributed by atoms with Crippen LogP contribution in [0.4, 0.5) is 4.39 Å². The largest absolute Gasteiger partial charge is 0.325 e. The fraction of sp³-hybridized carbons (Fsp3) is 0.188. The fourth-order valence-electron chi connectivity index (χ4n) is 2.40. The van der Waals surface area contributed by atoms with Gasteiger partial charge in [0.25, 0.3) is 0 Å². The highest BCUT2D eigenvalue weighted by molar-refractivity contribution is 5.68. The van der Waals surface area contributed by atoms with Crippen molar-refractivity contribution in [2.24, 2.45) is 5.73 Å². The zero-order valence-electron chi connectivity index (χ0n) is 11.5. The molecule has 3 aromatic rings. The third kappa shape index (κ3) is 1.89. The Hall–Kier alpha value is -2.20. The number of imidazole rings is 1. The van der Waals surface area contributed by atoms with E-state index in [0.717, 1.165) is 17.0 Å². The van der Waals surface area contributed by atoms with Crippen LogP contribution < -0.4 is 5.73 Å². The molecule has 0 bridgehead atoms. The van der Waals surface area contributed by atoms with E-state index in [-0.39, 0.29) is 5.82 Å². The van der Waals surface area contributed by atoms with Gasteiger partial charge >= 0.3 is 0 Å². The highest BCUT2D eigenvalue weighted by atomic mass is 19.1. The van der Waals surface area contributed by atoms with Crippen LogP contribution in [-0.4, -0.2) is 9.38 Å². The zero-order chi connectivity index (χ0) is 14.3. The van der Waals surface area contributed by atoms with Crippen LogP contribution in [0, 0.1) is 19.7 Å². The van der Waals surface area contributed by atoms with Crippen molar-refractivity contribution in [2.45, 2.75) is 20.4 Å². The molecule has 2 N–H and O–H groups in total. The number of nitrogens with two attached hydrogens (primary N) is 1. The van der Waals surface area contributed by atoms with Gasteiger partial charge < -0.3 is 5.73 Å². The summed E-state index contributed by atoms with van der Waals surface area (Å²) in [7, 11) is 0. The molecule has 0 aliphatic rings. The van der Waals surface area contributed by atoms with Crippen LogP contribution in [0.1, 0.15) is 16.8 Å². The molecule has 0 unspecified atom stereocenters. The topological polar surface area (TPSA) is 43.3 Å². The quantitative estimate of drug-likeness (QED) is 0.776. The first-order valence-electron chi connectivity index (χ1n) is 6.55. The molecule has 0 aliphatic heterocycles. The summed E-state index contributed by atoms with van der Waals surface area (Å²) in [5.74, 6) is -0.336. The minimum Gasteiger partial charge on any atom is -0.325 e. The number of hydrogen-bond donors (Lipinski definition) is 1. The molecule has 2 heterocycles. The average molecular weight is 269 g/mol. The van der Waals surface area contributed by atoms with Crippen molar-refractivity contribution in [3.8, 4) is 11.3 Å². The van der Waals surface area contributed by atoms with Crippen LogP contribution in [0.25, 0.3) is 16.9 Å². The SMILES string of the molecule is Cc1ccc(-c2nc3c(F)cccn3c2CN)cc1C. The summed E-state index contributed by atoms with van der Waals surface area (Å²) in [6.45, 7) is 4.43. The van der Waals surface area contributed by atoms with Crippen LogP contribution in [0.5, 0.6) is 0 Å². The summed E-state index contributed by atoms with van der Waals surface area (Å²) in [5, 5.41) is 0. The van der Waals surface area contributed by atoms with Gasteiger partial charge in [-0.1, -0.05) is 12.1 Å². The molecule has 3 rings (SSSR count). The first-order valence-corrected chi connectivity index (χ1v) is 6.55. The lowest BCUT2D eigenvalue weighted by Crippen LogP contribution is -2.02. The summed E-state index contributed by atoms with van der Waals surface area (Å²) >= 11 is 0. The molecule has 0 atom stereocenters. The maximum Gasteiger partial charge on any atom is 0.174 e. The molecule has 0 saturated carbocycles. The molecule has 4 heteroatoms. The Balaban J connectivity index is 2.30. The predicted molar refractivity (Wildman–Crippen MR) is 78.0 cm³/mol. The smallest absolute Gasteiger partial charge is 0.174 e. The van der Waals surface area contributed by atoms with Crippen molar-refractivity contribution in [1.82, 2.24) is 9.38 Å². The van der Waals surface area contributed by atoms with Crippen LogP contribution in [0.2, 0.25) is 0 Å². The van der Waals surface area contributed by atoms with Gasteiger partial charge in [0, 0.05) is 18.3 Å². The highest BCUT2D eigenvalue weighted by Crippen LogP contribution is 2.26. The van der Waals surface area contributed by atoms with Crippen molar-refractivity contribution in [1.29, 1.82) is 0 Å². The van der Waals surface area contributed by atoms with Crippen LogP contribution in [0.3, 0.4) is 0 Å². The Bertz CT molecular complexity index is 790. The Morgan fingerprint density at radius 2 is 2.00 bits per heavy atom.